The van der Waals surface area contributed by atoms with Gasteiger partial charge in [0.05, 0.1) is 29.0 Å². The molecule has 3 heterocycles. The summed E-state index contributed by atoms with van der Waals surface area (Å²) < 4.78 is 16.8. The minimum absolute atomic E-state index is 0.133. The van der Waals surface area contributed by atoms with Gasteiger partial charge in [-0.05, 0) is 42.8 Å². The molecule has 0 unspecified atom stereocenters. The summed E-state index contributed by atoms with van der Waals surface area (Å²) in [5.41, 5.74) is 3.70. The minimum atomic E-state index is -0.264. The second-order valence-corrected chi connectivity index (χ2v) is 8.54. The molecule has 1 amide bonds. The van der Waals surface area contributed by atoms with Gasteiger partial charge in [0, 0.05) is 23.7 Å². The Kier molecular flexibility index (Phi) is 5.28. The van der Waals surface area contributed by atoms with E-state index in [-0.39, 0.29) is 11.7 Å². The highest BCUT2D eigenvalue weighted by molar-refractivity contribution is 7.20. The van der Waals surface area contributed by atoms with E-state index in [4.69, 9.17) is 0 Å². The van der Waals surface area contributed by atoms with Crippen LogP contribution in [0.3, 0.4) is 0 Å². The van der Waals surface area contributed by atoms with Crippen LogP contribution in [0.5, 0.6) is 0 Å². The second kappa shape index (κ2) is 8.39. The maximum absolute atomic E-state index is 13.2. The standard InChI is InChI=1S/C24H20FN5OS/c1-16-21-11-22(32-24(21)30(28-16)14-17-7-9-19(25)10-8-17)23(31)26-12-18-13-27-29(15-18)20-5-3-2-4-6-20/h2-11,13,15H,12,14H2,1H3,(H,26,31). The van der Waals surface area contributed by atoms with Crippen molar-refractivity contribution in [3.8, 4) is 5.69 Å². The monoisotopic (exact) mass is 445 g/mol. The van der Waals surface area contributed by atoms with Crippen LogP contribution in [-0.4, -0.2) is 25.5 Å². The van der Waals surface area contributed by atoms with Crippen molar-refractivity contribution >= 4 is 27.5 Å². The highest BCUT2D eigenvalue weighted by atomic mass is 32.1. The zero-order valence-corrected chi connectivity index (χ0v) is 18.1. The van der Waals surface area contributed by atoms with Gasteiger partial charge in [0.25, 0.3) is 5.91 Å². The van der Waals surface area contributed by atoms with E-state index in [1.807, 2.05) is 54.2 Å². The smallest absolute Gasteiger partial charge is 0.261 e. The van der Waals surface area contributed by atoms with Crippen molar-refractivity contribution in [2.45, 2.75) is 20.0 Å². The lowest BCUT2D eigenvalue weighted by Crippen LogP contribution is -2.21. The fourth-order valence-electron chi connectivity index (χ4n) is 3.54. The van der Waals surface area contributed by atoms with Gasteiger partial charge >= 0.3 is 0 Å². The summed E-state index contributed by atoms with van der Waals surface area (Å²) in [6.45, 7) is 2.83. The Labute approximate surface area is 187 Å². The summed E-state index contributed by atoms with van der Waals surface area (Å²) in [4.78, 5) is 14.3. The van der Waals surface area contributed by atoms with Crippen LogP contribution in [-0.2, 0) is 13.1 Å². The highest BCUT2D eigenvalue weighted by Gasteiger charge is 2.17. The maximum atomic E-state index is 13.2. The molecule has 8 heteroatoms. The fourth-order valence-corrected chi connectivity index (χ4v) is 4.61. The molecular formula is C24H20FN5OS. The van der Waals surface area contributed by atoms with Gasteiger partial charge in [-0.3, -0.25) is 9.48 Å². The van der Waals surface area contributed by atoms with Gasteiger partial charge in [0.1, 0.15) is 10.6 Å². The molecule has 0 spiro atoms. The average Bonchev–Trinajstić information content (AvgIpc) is 3.52. The summed E-state index contributed by atoms with van der Waals surface area (Å²) in [5.74, 6) is -0.397. The Hall–Kier alpha value is -3.78. The highest BCUT2D eigenvalue weighted by Crippen LogP contribution is 2.29. The van der Waals surface area contributed by atoms with Crippen LogP contribution in [0.25, 0.3) is 15.9 Å². The fraction of sp³-hybridized carbons (Fsp3) is 0.125. The first-order valence-corrected chi connectivity index (χ1v) is 11.0. The van der Waals surface area contributed by atoms with Crippen LogP contribution in [0.15, 0.2) is 73.1 Å². The quantitative estimate of drug-likeness (QED) is 0.412. The van der Waals surface area contributed by atoms with E-state index in [9.17, 15) is 9.18 Å². The summed E-state index contributed by atoms with van der Waals surface area (Å²) >= 11 is 1.41. The number of amides is 1. The molecule has 0 fully saturated rings. The predicted octanol–water partition coefficient (Wildman–Crippen LogP) is 4.71. The van der Waals surface area contributed by atoms with E-state index >= 15 is 0 Å². The first kappa shape index (κ1) is 20.1. The number of hydrogen-bond acceptors (Lipinski definition) is 4. The lowest BCUT2D eigenvalue weighted by Gasteiger charge is -2.03. The van der Waals surface area contributed by atoms with Crippen molar-refractivity contribution < 1.29 is 9.18 Å². The molecule has 0 aliphatic carbocycles. The van der Waals surface area contributed by atoms with Gasteiger partial charge in [-0.2, -0.15) is 10.2 Å². The molecule has 0 saturated heterocycles. The van der Waals surface area contributed by atoms with Crippen molar-refractivity contribution in [2.75, 3.05) is 0 Å². The molecule has 32 heavy (non-hydrogen) atoms. The van der Waals surface area contributed by atoms with Crippen LogP contribution in [0.1, 0.15) is 26.5 Å². The molecular weight excluding hydrogens is 425 g/mol. The van der Waals surface area contributed by atoms with E-state index in [1.165, 1.54) is 23.5 Å². The number of hydrogen-bond donors (Lipinski definition) is 1. The summed E-state index contributed by atoms with van der Waals surface area (Å²) in [7, 11) is 0. The molecule has 0 bridgehead atoms. The van der Waals surface area contributed by atoms with Gasteiger partial charge in [-0.1, -0.05) is 30.3 Å². The van der Waals surface area contributed by atoms with E-state index in [0.717, 1.165) is 32.7 Å². The summed E-state index contributed by atoms with van der Waals surface area (Å²) in [6, 6.07) is 18.1. The molecule has 0 radical (unpaired) electrons. The normalized spacial score (nSPS) is 11.2. The average molecular weight is 446 g/mol. The third kappa shape index (κ3) is 4.04. The van der Waals surface area contributed by atoms with Crippen molar-refractivity contribution in [3.63, 3.8) is 0 Å². The van der Waals surface area contributed by atoms with Crippen molar-refractivity contribution in [1.82, 2.24) is 24.9 Å². The zero-order chi connectivity index (χ0) is 22.1. The second-order valence-electron chi connectivity index (χ2n) is 7.51. The number of rotatable bonds is 6. The van der Waals surface area contributed by atoms with Crippen LogP contribution in [0.2, 0.25) is 0 Å². The molecule has 0 aliphatic rings. The number of benzene rings is 2. The van der Waals surface area contributed by atoms with Gasteiger partial charge in [0.15, 0.2) is 0 Å². The Morgan fingerprint density at radius 2 is 1.88 bits per heavy atom. The Morgan fingerprint density at radius 3 is 2.66 bits per heavy atom. The first-order chi connectivity index (χ1) is 15.6. The van der Waals surface area contributed by atoms with Crippen LogP contribution in [0, 0.1) is 12.7 Å². The van der Waals surface area contributed by atoms with Crippen molar-refractivity contribution in [1.29, 1.82) is 0 Å². The number of fused-ring (bicyclic) bond motifs is 1. The number of carbonyl (C=O) groups is 1. The lowest BCUT2D eigenvalue weighted by atomic mass is 10.2. The van der Waals surface area contributed by atoms with Crippen LogP contribution < -0.4 is 5.32 Å². The number of aryl methyl sites for hydroxylation is 1. The van der Waals surface area contributed by atoms with Gasteiger partial charge in [0.2, 0.25) is 0 Å². The summed E-state index contributed by atoms with van der Waals surface area (Å²) in [5, 5.41) is 12.9. The largest absolute Gasteiger partial charge is 0.347 e. The number of aromatic nitrogens is 4. The third-order valence-electron chi connectivity index (χ3n) is 5.19. The van der Waals surface area contributed by atoms with Crippen LogP contribution in [0.4, 0.5) is 4.39 Å². The minimum Gasteiger partial charge on any atom is -0.347 e. The molecule has 3 aromatic heterocycles. The van der Waals surface area contributed by atoms with Crippen LogP contribution >= 0.6 is 11.3 Å². The molecule has 5 aromatic rings. The number of carbonyl (C=O) groups excluding carboxylic acids is 1. The van der Waals surface area contributed by atoms with Gasteiger partial charge < -0.3 is 5.32 Å². The molecule has 0 saturated carbocycles. The van der Waals surface area contributed by atoms with Gasteiger partial charge in [-0.25, -0.2) is 9.07 Å². The molecule has 5 rings (SSSR count). The van der Waals surface area contributed by atoms with E-state index in [0.29, 0.717) is 18.0 Å². The number of nitrogens with zero attached hydrogens (tertiary/aromatic N) is 4. The third-order valence-corrected chi connectivity index (χ3v) is 6.33. The topological polar surface area (TPSA) is 64.7 Å². The first-order valence-electron chi connectivity index (χ1n) is 10.2. The SMILES string of the molecule is Cc1nn(Cc2ccc(F)cc2)c2sc(C(=O)NCc3cnn(-c4ccccc4)c3)cc12. The Morgan fingerprint density at radius 1 is 1.09 bits per heavy atom. The molecule has 160 valence electrons. The van der Waals surface area contributed by atoms with E-state index < -0.39 is 0 Å². The molecule has 6 nitrogen and oxygen atoms in total. The molecule has 0 aliphatic heterocycles. The molecule has 0 atom stereocenters. The van der Waals surface area contributed by atoms with E-state index in [1.54, 1.807) is 23.0 Å². The number of nitrogens with one attached hydrogen (secondary N) is 1. The maximum Gasteiger partial charge on any atom is 0.261 e. The number of halogens is 1. The Balaban J connectivity index is 1.30. The van der Waals surface area contributed by atoms with Gasteiger partial charge in [-0.15, -0.1) is 11.3 Å². The van der Waals surface area contributed by atoms with E-state index in [2.05, 4.69) is 15.5 Å². The zero-order valence-electron chi connectivity index (χ0n) is 17.3. The number of para-hydroxylation sites is 1. The molecule has 1 N–H and O–H groups in total. The predicted molar refractivity (Wildman–Crippen MR) is 123 cm³/mol. The van der Waals surface area contributed by atoms with Crippen molar-refractivity contribution in [2.24, 2.45) is 0 Å². The number of thiophene rings is 1. The molecule has 2 aromatic carbocycles. The Bertz CT molecular complexity index is 1390. The summed E-state index contributed by atoms with van der Waals surface area (Å²) in [6.07, 6.45) is 3.66. The van der Waals surface area contributed by atoms with Crippen molar-refractivity contribution in [3.05, 3.63) is 101 Å². The lowest BCUT2D eigenvalue weighted by molar-refractivity contribution is 0.0955.